The monoisotopic (exact) mass is 327 g/mol. The zero-order chi connectivity index (χ0) is 16.3. The Kier molecular flexibility index (Phi) is 5.32. The molecule has 2 rings (SSSR count). The lowest BCUT2D eigenvalue weighted by atomic mass is 9.86. The molecule has 0 saturated carbocycles. The molecular weight excluding hydrogens is 305 g/mol. The molecule has 1 saturated heterocycles. The lowest BCUT2D eigenvalue weighted by Crippen LogP contribution is -2.41. The maximum atomic E-state index is 14.1. The Labute approximate surface area is 136 Å². The SMILES string of the molecule is CC(C)(C)OC(=O)N1CCC(c2c(F)cccc2CCl)CC1. The number of amides is 1. The molecule has 1 amide bonds. The number of ether oxygens (including phenoxy) is 1. The van der Waals surface area contributed by atoms with E-state index in [1.807, 2.05) is 26.8 Å². The quantitative estimate of drug-likeness (QED) is 0.738. The number of carbonyl (C=O) groups is 1. The number of likely N-dealkylation sites (tertiary alicyclic amines) is 1. The average molecular weight is 328 g/mol. The number of halogens is 2. The second-order valence-electron chi connectivity index (χ2n) is 6.69. The van der Waals surface area contributed by atoms with Crippen molar-refractivity contribution in [2.45, 2.75) is 51.0 Å². The maximum absolute atomic E-state index is 14.1. The second-order valence-corrected chi connectivity index (χ2v) is 6.96. The Bertz CT molecular complexity index is 534. The largest absolute Gasteiger partial charge is 0.444 e. The van der Waals surface area contributed by atoms with Crippen LogP contribution in [0.25, 0.3) is 0 Å². The van der Waals surface area contributed by atoms with Gasteiger partial charge in [-0.05, 0) is 56.7 Å². The van der Waals surface area contributed by atoms with Crippen molar-refractivity contribution >= 4 is 17.7 Å². The molecule has 122 valence electrons. The molecule has 3 nitrogen and oxygen atoms in total. The van der Waals surface area contributed by atoms with Crippen molar-refractivity contribution < 1.29 is 13.9 Å². The van der Waals surface area contributed by atoms with Crippen molar-refractivity contribution in [2.24, 2.45) is 0 Å². The highest BCUT2D eigenvalue weighted by atomic mass is 35.5. The van der Waals surface area contributed by atoms with Gasteiger partial charge >= 0.3 is 6.09 Å². The first-order valence-electron chi connectivity index (χ1n) is 7.63. The summed E-state index contributed by atoms with van der Waals surface area (Å²) in [7, 11) is 0. The molecule has 1 heterocycles. The second kappa shape index (κ2) is 6.86. The summed E-state index contributed by atoms with van der Waals surface area (Å²) in [5.74, 6) is 0.210. The van der Waals surface area contributed by atoms with E-state index in [0.717, 1.165) is 18.4 Å². The van der Waals surface area contributed by atoms with E-state index in [4.69, 9.17) is 16.3 Å². The van der Waals surface area contributed by atoms with Crippen LogP contribution in [0.4, 0.5) is 9.18 Å². The minimum atomic E-state index is -0.495. The van der Waals surface area contributed by atoms with Crippen molar-refractivity contribution in [3.8, 4) is 0 Å². The fourth-order valence-corrected chi connectivity index (χ4v) is 3.07. The topological polar surface area (TPSA) is 29.5 Å². The number of rotatable bonds is 2. The molecule has 0 N–H and O–H groups in total. The molecule has 0 atom stereocenters. The van der Waals surface area contributed by atoms with Crippen molar-refractivity contribution in [3.05, 3.63) is 35.1 Å². The van der Waals surface area contributed by atoms with Gasteiger partial charge in [0.15, 0.2) is 0 Å². The first kappa shape index (κ1) is 17.1. The fraction of sp³-hybridized carbons (Fsp3) is 0.588. The fourth-order valence-electron chi connectivity index (χ4n) is 2.83. The first-order valence-corrected chi connectivity index (χ1v) is 8.16. The van der Waals surface area contributed by atoms with Crippen LogP contribution in [0.15, 0.2) is 18.2 Å². The van der Waals surface area contributed by atoms with E-state index in [0.29, 0.717) is 24.5 Å². The predicted octanol–water partition coefficient (Wildman–Crippen LogP) is 4.68. The van der Waals surface area contributed by atoms with Crippen LogP contribution in [0.2, 0.25) is 0 Å². The first-order chi connectivity index (χ1) is 10.3. The Hall–Kier alpha value is -1.29. The number of benzene rings is 1. The molecule has 1 aromatic rings. The standard InChI is InChI=1S/C17H23ClFNO2/c1-17(2,3)22-16(21)20-9-7-12(8-10-20)15-13(11-18)5-4-6-14(15)19/h4-6,12H,7-11H2,1-3H3. The molecule has 0 bridgehead atoms. The third-order valence-corrected chi connectivity index (χ3v) is 4.13. The minimum absolute atomic E-state index is 0.105. The zero-order valence-electron chi connectivity index (χ0n) is 13.4. The van der Waals surface area contributed by atoms with Crippen molar-refractivity contribution in [1.29, 1.82) is 0 Å². The smallest absolute Gasteiger partial charge is 0.410 e. The third-order valence-electron chi connectivity index (χ3n) is 3.84. The van der Waals surface area contributed by atoms with Crippen molar-refractivity contribution in [1.82, 2.24) is 4.90 Å². The summed E-state index contributed by atoms with van der Waals surface area (Å²) >= 11 is 5.92. The molecule has 0 unspecified atom stereocenters. The van der Waals surface area contributed by atoms with Crippen LogP contribution in [0, 0.1) is 5.82 Å². The normalized spacial score (nSPS) is 16.7. The van der Waals surface area contributed by atoms with Gasteiger partial charge in [-0.2, -0.15) is 0 Å². The van der Waals surface area contributed by atoms with Crippen LogP contribution in [-0.4, -0.2) is 29.7 Å². The van der Waals surface area contributed by atoms with E-state index in [9.17, 15) is 9.18 Å². The summed E-state index contributed by atoms with van der Waals surface area (Å²) in [6.07, 6.45) is 1.16. The van der Waals surface area contributed by atoms with Crippen LogP contribution < -0.4 is 0 Å². The van der Waals surface area contributed by atoms with Crippen LogP contribution in [0.3, 0.4) is 0 Å². The van der Waals surface area contributed by atoms with Gasteiger partial charge in [0.1, 0.15) is 11.4 Å². The van der Waals surface area contributed by atoms with E-state index in [1.54, 1.807) is 11.0 Å². The predicted molar refractivity (Wildman–Crippen MR) is 85.7 cm³/mol. The molecule has 0 radical (unpaired) electrons. The number of hydrogen-bond donors (Lipinski definition) is 0. The molecule has 1 aliphatic rings. The van der Waals surface area contributed by atoms with Gasteiger partial charge in [-0.15, -0.1) is 11.6 Å². The van der Waals surface area contributed by atoms with Gasteiger partial charge in [0.25, 0.3) is 0 Å². The van der Waals surface area contributed by atoms with Crippen molar-refractivity contribution in [2.75, 3.05) is 13.1 Å². The zero-order valence-corrected chi connectivity index (χ0v) is 14.1. The van der Waals surface area contributed by atoms with Gasteiger partial charge in [0.05, 0.1) is 0 Å². The van der Waals surface area contributed by atoms with Gasteiger partial charge in [0, 0.05) is 19.0 Å². The molecule has 0 aliphatic carbocycles. The Balaban J connectivity index is 2.02. The summed E-state index contributed by atoms with van der Waals surface area (Å²) in [6.45, 7) is 6.71. The third kappa shape index (κ3) is 4.13. The summed E-state index contributed by atoms with van der Waals surface area (Å²) in [4.78, 5) is 13.8. The van der Waals surface area contributed by atoms with Crippen molar-refractivity contribution in [3.63, 3.8) is 0 Å². The van der Waals surface area contributed by atoms with Gasteiger partial charge in [-0.1, -0.05) is 12.1 Å². The molecule has 1 fully saturated rings. The van der Waals surface area contributed by atoms with E-state index in [2.05, 4.69) is 0 Å². The molecule has 0 spiro atoms. The van der Waals surface area contributed by atoms with Gasteiger partial charge in [-0.25, -0.2) is 9.18 Å². The van der Waals surface area contributed by atoms with Gasteiger partial charge < -0.3 is 9.64 Å². The average Bonchev–Trinajstić information content (AvgIpc) is 2.45. The summed E-state index contributed by atoms with van der Waals surface area (Å²) in [5.41, 5.74) is 1.06. The van der Waals surface area contributed by atoms with Crippen LogP contribution in [-0.2, 0) is 10.6 Å². The molecule has 0 aromatic heterocycles. The number of nitrogens with zero attached hydrogens (tertiary/aromatic N) is 1. The minimum Gasteiger partial charge on any atom is -0.444 e. The highest BCUT2D eigenvalue weighted by Crippen LogP contribution is 2.33. The molecule has 1 aliphatic heterocycles. The van der Waals surface area contributed by atoms with E-state index in [1.165, 1.54) is 6.07 Å². The Morgan fingerprint density at radius 3 is 2.55 bits per heavy atom. The summed E-state index contributed by atoms with van der Waals surface area (Å²) in [5, 5.41) is 0. The van der Waals surface area contributed by atoms with E-state index in [-0.39, 0.29) is 17.8 Å². The highest BCUT2D eigenvalue weighted by molar-refractivity contribution is 6.17. The number of hydrogen-bond acceptors (Lipinski definition) is 2. The molecule has 5 heteroatoms. The Morgan fingerprint density at radius 1 is 1.36 bits per heavy atom. The van der Waals surface area contributed by atoms with Crippen LogP contribution in [0.5, 0.6) is 0 Å². The van der Waals surface area contributed by atoms with Crippen LogP contribution >= 0.6 is 11.6 Å². The highest BCUT2D eigenvalue weighted by Gasteiger charge is 2.29. The molecule has 22 heavy (non-hydrogen) atoms. The number of piperidine rings is 1. The van der Waals surface area contributed by atoms with Gasteiger partial charge in [-0.3, -0.25) is 0 Å². The lowest BCUT2D eigenvalue weighted by Gasteiger charge is -2.34. The number of carbonyl (C=O) groups excluding carboxylic acids is 1. The van der Waals surface area contributed by atoms with Gasteiger partial charge in [0.2, 0.25) is 0 Å². The molecular formula is C17H23ClFNO2. The Morgan fingerprint density at radius 2 is 2.00 bits per heavy atom. The summed E-state index contributed by atoms with van der Waals surface area (Å²) < 4.78 is 19.5. The summed E-state index contributed by atoms with van der Waals surface area (Å²) in [6, 6.07) is 5.03. The van der Waals surface area contributed by atoms with E-state index >= 15 is 0 Å². The lowest BCUT2D eigenvalue weighted by molar-refractivity contribution is 0.0204. The molecule has 1 aromatic carbocycles. The van der Waals surface area contributed by atoms with Crippen LogP contribution in [0.1, 0.15) is 50.7 Å². The number of alkyl halides is 1. The maximum Gasteiger partial charge on any atom is 0.410 e. The van der Waals surface area contributed by atoms with E-state index < -0.39 is 5.60 Å².